The van der Waals surface area contributed by atoms with Crippen LogP contribution in [0.2, 0.25) is 0 Å². The molecule has 1 heterocycles. The van der Waals surface area contributed by atoms with Crippen molar-refractivity contribution in [3.05, 3.63) is 62.5 Å². The van der Waals surface area contributed by atoms with Crippen LogP contribution >= 0.6 is 0 Å². The molecule has 0 aromatic heterocycles. The van der Waals surface area contributed by atoms with Gasteiger partial charge in [0.2, 0.25) is 0 Å². The van der Waals surface area contributed by atoms with Crippen LogP contribution in [0.25, 0.3) is 0 Å². The van der Waals surface area contributed by atoms with Crippen molar-refractivity contribution in [1.82, 2.24) is 10.6 Å². The van der Waals surface area contributed by atoms with E-state index in [-0.39, 0.29) is 47.9 Å². The van der Waals surface area contributed by atoms with Gasteiger partial charge in [-0.2, -0.15) is 0 Å². The summed E-state index contributed by atoms with van der Waals surface area (Å²) >= 11 is 0. The maximum atomic E-state index is 13.0. The lowest BCUT2D eigenvalue weighted by Crippen LogP contribution is -2.36. The van der Waals surface area contributed by atoms with Crippen LogP contribution in [-0.2, 0) is 23.8 Å². The molecule has 1 aromatic rings. The predicted octanol–water partition coefficient (Wildman–Crippen LogP) is 2.29. The van der Waals surface area contributed by atoms with Crippen LogP contribution in [0.1, 0.15) is 32.3 Å². The molecule has 172 valence electrons. The van der Waals surface area contributed by atoms with Crippen molar-refractivity contribution in [2.24, 2.45) is 0 Å². The van der Waals surface area contributed by atoms with Gasteiger partial charge in [0.15, 0.2) is 0 Å². The third-order valence-electron chi connectivity index (χ3n) is 4.63. The van der Waals surface area contributed by atoms with Gasteiger partial charge in [0.05, 0.1) is 40.9 Å². The summed E-state index contributed by atoms with van der Waals surface area (Å²) in [5, 5.41) is 16.9. The van der Waals surface area contributed by atoms with Crippen molar-refractivity contribution in [2.75, 3.05) is 26.9 Å². The third-order valence-corrected chi connectivity index (χ3v) is 4.63. The molecule has 0 saturated carbocycles. The Morgan fingerprint density at radius 2 is 1.66 bits per heavy atom. The number of rotatable bonds is 8. The second-order valence-corrected chi connectivity index (χ2v) is 6.57. The van der Waals surface area contributed by atoms with Crippen molar-refractivity contribution >= 4 is 23.7 Å². The Kier molecular flexibility index (Phi) is 8.33. The highest BCUT2D eigenvalue weighted by Crippen LogP contribution is 2.42. The highest BCUT2D eigenvalue weighted by Gasteiger charge is 2.41. The van der Waals surface area contributed by atoms with Gasteiger partial charge in [0.25, 0.3) is 5.69 Å². The number of benzene rings is 1. The lowest BCUT2D eigenvalue weighted by atomic mass is 9.79. The molecule has 1 amide bonds. The first-order chi connectivity index (χ1) is 15.3. The monoisotopic (exact) mass is 447 g/mol. The van der Waals surface area contributed by atoms with Crippen molar-refractivity contribution in [1.29, 1.82) is 0 Å². The van der Waals surface area contributed by atoms with E-state index < -0.39 is 28.9 Å². The average molecular weight is 447 g/mol. The molecule has 0 saturated heterocycles. The van der Waals surface area contributed by atoms with Crippen LogP contribution < -0.4 is 10.6 Å². The number of esters is 2. The molecule has 2 rings (SSSR count). The van der Waals surface area contributed by atoms with Crippen molar-refractivity contribution in [3.63, 3.8) is 0 Å². The number of hydrogen-bond donors (Lipinski definition) is 2. The zero-order valence-corrected chi connectivity index (χ0v) is 18.2. The fourth-order valence-corrected chi connectivity index (χ4v) is 3.36. The Bertz CT molecular complexity index is 983. The van der Waals surface area contributed by atoms with Crippen molar-refractivity contribution < 1.29 is 33.5 Å². The Morgan fingerprint density at radius 1 is 1.06 bits per heavy atom. The molecule has 1 aromatic carbocycles. The zero-order chi connectivity index (χ0) is 23.8. The Hall–Kier alpha value is -3.89. The van der Waals surface area contributed by atoms with Crippen molar-refractivity contribution in [3.8, 4) is 0 Å². The van der Waals surface area contributed by atoms with E-state index in [9.17, 15) is 24.5 Å². The number of allylic oxidation sites excluding steroid dienone is 1. The van der Waals surface area contributed by atoms with Gasteiger partial charge in [-0.1, -0.05) is 18.2 Å². The van der Waals surface area contributed by atoms with Gasteiger partial charge in [-0.3, -0.25) is 10.1 Å². The molecular weight excluding hydrogens is 422 g/mol. The van der Waals surface area contributed by atoms with Gasteiger partial charge in [0.1, 0.15) is 6.61 Å². The van der Waals surface area contributed by atoms with Gasteiger partial charge in [-0.05, 0) is 20.8 Å². The number of nitrogens with zero attached hydrogens (tertiary/aromatic N) is 1. The van der Waals surface area contributed by atoms with Gasteiger partial charge >= 0.3 is 18.0 Å². The van der Waals surface area contributed by atoms with E-state index in [2.05, 4.69) is 10.6 Å². The maximum absolute atomic E-state index is 13.0. The second kappa shape index (κ2) is 10.9. The number of ether oxygens (including phenoxy) is 3. The highest BCUT2D eigenvalue weighted by molar-refractivity contribution is 6.00. The number of nitro benzene ring substituents is 1. The zero-order valence-electron chi connectivity index (χ0n) is 18.2. The standard InChI is InChI=1S/C21H25N3O8/c1-5-30-19(25)16-12(3)23-14(11-32-21(27)22-4)18(20(26)31-6-2)17(16)13-9-7-8-10-15(13)24(28)29/h7-10,17,23H,5-6,11H2,1-4H3,(H,22,27). The lowest BCUT2D eigenvalue weighted by Gasteiger charge is -2.31. The minimum Gasteiger partial charge on any atom is -0.463 e. The van der Waals surface area contributed by atoms with E-state index in [0.29, 0.717) is 5.70 Å². The molecule has 1 atom stereocenters. The second-order valence-electron chi connectivity index (χ2n) is 6.57. The fourth-order valence-electron chi connectivity index (χ4n) is 3.36. The summed E-state index contributed by atoms with van der Waals surface area (Å²) < 4.78 is 15.4. The van der Waals surface area contributed by atoms with Crippen LogP contribution in [0.4, 0.5) is 10.5 Å². The number of para-hydroxylation sites is 1. The molecule has 2 N–H and O–H groups in total. The number of carbonyl (C=O) groups excluding carboxylic acids is 3. The summed E-state index contributed by atoms with van der Waals surface area (Å²) in [5.74, 6) is -2.74. The lowest BCUT2D eigenvalue weighted by molar-refractivity contribution is -0.385. The predicted molar refractivity (Wildman–Crippen MR) is 112 cm³/mol. The average Bonchev–Trinajstić information content (AvgIpc) is 2.76. The minimum absolute atomic E-state index is 0.0208. The Balaban J connectivity index is 2.78. The molecule has 1 unspecified atom stereocenters. The number of nitro groups is 1. The molecule has 0 aliphatic carbocycles. The summed E-state index contributed by atoms with van der Waals surface area (Å²) in [5.41, 5.74) is 0.187. The van der Waals surface area contributed by atoms with Gasteiger partial charge in [-0.25, -0.2) is 14.4 Å². The van der Waals surface area contributed by atoms with Crippen LogP contribution in [-0.4, -0.2) is 49.8 Å². The van der Waals surface area contributed by atoms with Gasteiger partial charge in [-0.15, -0.1) is 0 Å². The van der Waals surface area contributed by atoms with E-state index in [1.807, 2.05) is 0 Å². The summed E-state index contributed by atoms with van der Waals surface area (Å²) in [6, 6.07) is 5.77. The molecule has 11 heteroatoms. The van der Waals surface area contributed by atoms with E-state index in [1.165, 1.54) is 25.2 Å². The Morgan fingerprint density at radius 3 is 2.22 bits per heavy atom. The molecule has 1 aliphatic rings. The summed E-state index contributed by atoms with van der Waals surface area (Å²) in [7, 11) is 1.37. The van der Waals surface area contributed by atoms with Crippen LogP contribution in [0, 0.1) is 10.1 Å². The Labute approximate surface area is 184 Å². The van der Waals surface area contributed by atoms with Crippen LogP contribution in [0.3, 0.4) is 0 Å². The highest BCUT2D eigenvalue weighted by atomic mass is 16.6. The van der Waals surface area contributed by atoms with E-state index in [1.54, 1.807) is 26.8 Å². The summed E-state index contributed by atoms with van der Waals surface area (Å²) in [6.45, 7) is 4.50. The topological polar surface area (TPSA) is 146 Å². The van der Waals surface area contributed by atoms with E-state index in [4.69, 9.17) is 14.2 Å². The molecular formula is C21H25N3O8. The molecule has 11 nitrogen and oxygen atoms in total. The maximum Gasteiger partial charge on any atom is 0.407 e. The van der Waals surface area contributed by atoms with E-state index in [0.717, 1.165) is 0 Å². The van der Waals surface area contributed by atoms with Crippen LogP contribution in [0.15, 0.2) is 46.8 Å². The third kappa shape index (κ3) is 5.23. The first kappa shape index (κ1) is 24.4. The van der Waals surface area contributed by atoms with Crippen LogP contribution in [0.5, 0.6) is 0 Å². The first-order valence-electron chi connectivity index (χ1n) is 9.89. The van der Waals surface area contributed by atoms with Gasteiger partial charge in [0, 0.05) is 24.4 Å². The fraction of sp³-hybridized carbons (Fsp3) is 0.381. The number of alkyl carbamates (subject to hydrolysis) is 1. The molecule has 32 heavy (non-hydrogen) atoms. The number of amides is 1. The normalized spacial score (nSPS) is 15.6. The summed E-state index contributed by atoms with van der Waals surface area (Å²) in [4.78, 5) is 48.6. The van der Waals surface area contributed by atoms with Crippen molar-refractivity contribution in [2.45, 2.75) is 26.7 Å². The molecule has 0 radical (unpaired) electrons. The summed E-state index contributed by atoms with van der Waals surface area (Å²) in [6.07, 6.45) is -0.748. The number of nitrogens with one attached hydrogen (secondary N) is 2. The molecule has 0 fully saturated rings. The number of carbonyl (C=O) groups is 3. The number of hydrogen-bond acceptors (Lipinski definition) is 9. The largest absolute Gasteiger partial charge is 0.463 e. The quantitative estimate of drug-likeness (QED) is 0.265. The smallest absolute Gasteiger partial charge is 0.407 e. The minimum atomic E-state index is -1.18. The number of dihydropyridines is 1. The molecule has 1 aliphatic heterocycles. The SMILES string of the molecule is CCOC(=O)C1=C(C)NC(COC(=O)NC)=C(C(=O)OCC)C1c1ccccc1[N+](=O)[O-]. The molecule has 0 bridgehead atoms. The molecule has 0 spiro atoms. The van der Waals surface area contributed by atoms with Gasteiger partial charge < -0.3 is 24.8 Å². The first-order valence-corrected chi connectivity index (χ1v) is 9.89. The van der Waals surface area contributed by atoms with E-state index >= 15 is 0 Å².